The SMILES string of the molecule is CC(C)(C)OC(=O)C(=N)CC(O)CS(=O)(=O)c1ccc(O)cc1. The van der Waals surface area contributed by atoms with Crippen LogP contribution in [0.1, 0.15) is 27.2 Å². The lowest BCUT2D eigenvalue weighted by Gasteiger charge is -2.20. The average Bonchev–Trinajstić information content (AvgIpc) is 2.36. The van der Waals surface area contributed by atoms with Crippen molar-refractivity contribution in [1.29, 1.82) is 5.41 Å². The van der Waals surface area contributed by atoms with Gasteiger partial charge in [-0.2, -0.15) is 0 Å². The Kier molecular flexibility index (Phi) is 5.90. The molecule has 0 bridgehead atoms. The Morgan fingerprint density at radius 3 is 2.26 bits per heavy atom. The molecule has 1 atom stereocenters. The van der Waals surface area contributed by atoms with Crippen LogP contribution in [0.4, 0.5) is 0 Å². The van der Waals surface area contributed by atoms with Crippen LogP contribution in [-0.4, -0.2) is 47.8 Å². The van der Waals surface area contributed by atoms with Gasteiger partial charge in [-0.15, -0.1) is 0 Å². The first-order valence-electron chi connectivity index (χ1n) is 6.91. The van der Waals surface area contributed by atoms with Crippen LogP contribution in [-0.2, 0) is 19.4 Å². The van der Waals surface area contributed by atoms with E-state index in [-0.39, 0.29) is 10.6 Å². The highest BCUT2D eigenvalue weighted by Gasteiger charge is 2.25. The Hall–Kier alpha value is -1.93. The fraction of sp³-hybridized carbons (Fsp3) is 0.467. The van der Waals surface area contributed by atoms with Gasteiger partial charge in [-0.25, -0.2) is 13.2 Å². The van der Waals surface area contributed by atoms with E-state index in [4.69, 9.17) is 15.3 Å². The van der Waals surface area contributed by atoms with Crippen molar-refractivity contribution in [1.82, 2.24) is 0 Å². The number of aliphatic hydroxyl groups is 1. The summed E-state index contributed by atoms with van der Waals surface area (Å²) in [6, 6.07) is 4.89. The summed E-state index contributed by atoms with van der Waals surface area (Å²) in [5.41, 5.74) is -1.26. The number of hydrogen-bond acceptors (Lipinski definition) is 7. The maximum absolute atomic E-state index is 12.1. The van der Waals surface area contributed by atoms with E-state index in [0.717, 1.165) is 0 Å². The Balaban J connectivity index is 2.68. The van der Waals surface area contributed by atoms with Crippen LogP contribution in [0, 0.1) is 5.41 Å². The molecule has 0 spiro atoms. The number of hydrogen-bond donors (Lipinski definition) is 3. The number of aliphatic hydroxyl groups excluding tert-OH is 1. The standard InChI is InChI=1S/C15H21NO6S/c1-15(2,3)22-14(19)13(16)8-11(18)9-23(20,21)12-6-4-10(17)5-7-12/h4-7,11,16-18H,8-9H2,1-3H3. The largest absolute Gasteiger partial charge is 0.508 e. The molecule has 0 fully saturated rings. The van der Waals surface area contributed by atoms with Crippen molar-refractivity contribution in [3.8, 4) is 5.75 Å². The lowest BCUT2D eigenvalue weighted by atomic mass is 10.1. The van der Waals surface area contributed by atoms with E-state index in [0.29, 0.717) is 0 Å². The fourth-order valence-corrected chi connectivity index (χ4v) is 3.09. The van der Waals surface area contributed by atoms with Crippen LogP contribution in [0.3, 0.4) is 0 Å². The second-order valence-corrected chi connectivity index (χ2v) is 8.15. The molecule has 8 heteroatoms. The van der Waals surface area contributed by atoms with E-state index >= 15 is 0 Å². The lowest BCUT2D eigenvalue weighted by molar-refractivity contribution is -0.146. The van der Waals surface area contributed by atoms with Crippen LogP contribution >= 0.6 is 0 Å². The number of phenolic OH excluding ortho intramolecular Hbond substituents is 1. The van der Waals surface area contributed by atoms with Gasteiger partial charge in [-0.05, 0) is 45.0 Å². The number of carbonyl (C=O) groups is 1. The fourth-order valence-electron chi connectivity index (χ4n) is 1.72. The van der Waals surface area contributed by atoms with Gasteiger partial charge in [0.05, 0.1) is 16.8 Å². The molecule has 0 aliphatic heterocycles. The summed E-state index contributed by atoms with van der Waals surface area (Å²) >= 11 is 0. The molecule has 0 heterocycles. The van der Waals surface area contributed by atoms with E-state index in [2.05, 4.69) is 0 Å². The molecule has 0 saturated carbocycles. The first kappa shape index (κ1) is 19.1. The Bertz CT molecular complexity index is 673. The van der Waals surface area contributed by atoms with Gasteiger partial charge in [0.1, 0.15) is 17.1 Å². The number of rotatable bonds is 6. The molecule has 128 valence electrons. The van der Waals surface area contributed by atoms with E-state index in [1.165, 1.54) is 24.3 Å². The monoisotopic (exact) mass is 343 g/mol. The third-order valence-electron chi connectivity index (χ3n) is 2.69. The minimum atomic E-state index is -3.79. The number of ether oxygens (including phenoxy) is 1. The molecule has 23 heavy (non-hydrogen) atoms. The zero-order valence-corrected chi connectivity index (χ0v) is 14.1. The van der Waals surface area contributed by atoms with Crippen molar-refractivity contribution in [2.24, 2.45) is 0 Å². The lowest BCUT2D eigenvalue weighted by Crippen LogP contribution is -2.32. The third-order valence-corrected chi connectivity index (χ3v) is 4.51. The number of phenols is 1. The van der Waals surface area contributed by atoms with Gasteiger partial charge < -0.3 is 14.9 Å². The summed E-state index contributed by atoms with van der Waals surface area (Å²) in [6.07, 6.45) is -1.83. The van der Waals surface area contributed by atoms with Gasteiger partial charge in [-0.1, -0.05) is 0 Å². The number of esters is 1. The highest BCUT2D eigenvalue weighted by atomic mass is 32.2. The van der Waals surface area contributed by atoms with Gasteiger partial charge in [0.2, 0.25) is 0 Å². The molecule has 1 rings (SSSR count). The molecule has 1 aromatic carbocycles. The summed E-state index contributed by atoms with van der Waals surface area (Å²) in [4.78, 5) is 11.6. The topological polar surface area (TPSA) is 125 Å². The normalized spacial score (nSPS) is 13.4. The van der Waals surface area contributed by atoms with Crippen molar-refractivity contribution in [3.63, 3.8) is 0 Å². The molecular weight excluding hydrogens is 322 g/mol. The van der Waals surface area contributed by atoms with Crippen molar-refractivity contribution >= 4 is 21.5 Å². The molecule has 3 N–H and O–H groups in total. The van der Waals surface area contributed by atoms with Gasteiger partial charge in [0.25, 0.3) is 0 Å². The molecule has 7 nitrogen and oxygen atoms in total. The molecule has 0 radical (unpaired) electrons. The summed E-state index contributed by atoms with van der Waals surface area (Å²) in [5, 5.41) is 26.6. The van der Waals surface area contributed by atoms with E-state index in [9.17, 15) is 18.3 Å². The first-order valence-corrected chi connectivity index (χ1v) is 8.56. The van der Waals surface area contributed by atoms with Crippen molar-refractivity contribution in [2.45, 2.75) is 43.8 Å². The number of aromatic hydroxyl groups is 1. The van der Waals surface area contributed by atoms with Gasteiger partial charge in [0.15, 0.2) is 9.84 Å². The molecule has 0 aromatic heterocycles. The van der Waals surface area contributed by atoms with Crippen molar-refractivity contribution < 1.29 is 28.2 Å². The third kappa shape index (κ3) is 6.37. The Labute approximate surface area is 135 Å². The quantitative estimate of drug-likeness (QED) is 0.528. The maximum atomic E-state index is 12.1. The van der Waals surface area contributed by atoms with Crippen LogP contribution in [0.5, 0.6) is 5.75 Å². The zero-order chi connectivity index (χ0) is 17.8. The molecular formula is C15H21NO6S. The van der Waals surface area contributed by atoms with E-state index in [1.54, 1.807) is 20.8 Å². The van der Waals surface area contributed by atoms with E-state index < -0.39 is 45.4 Å². The summed E-state index contributed by atoms with van der Waals surface area (Å²) < 4.78 is 29.2. The highest BCUT2D eigenvalue weighted by Crippen LogP contribution is 2.17. The number of benzene rings is 1. The molecule has 0 aliphatic carbocycles. The molecule has 0 amide bonds. The van der Waals surface area contributed by atoms with E-state index in [1.807, 2.05) is 0 Å². The van der Waals surface area contributed by atoms with Gasteiger partial charge >= 0.3 is 5.97 Å². The first-order chi connectivity index (χ1) is 10.4. The second kappa shape index (κ2) is 7.10. The summed E-state index contributed by atoms with van der Waals surface area (Å²) in [6.45, 7) is 4.93. The van der Waals surface area contributed by atoms with Gasteiger partial charge in [-0.3, -0.25) is 5.41 Å². The smallest absolute Gasteiger partial charge is 0.352 e. The van der Waals surface area contributed by atoms with Crippen molar-refractivity contribution in [3.05, 3.63) is 24.3 Å². The minimum Gasteiger partial charge on any atom is -0.508 e. The van der Waals surface area contributed by atoms with Crippen LogP contribution in [0.2, 0.25) is 0 Å². The van der Waals surface area contributed by atoms with Crippen LogP contribution < -0.4 is 0 Å². The number of nitrogens with one attached hydrogen (secondary N) is 1. The molecule has 1 unspecified atom stereocenters. The van der Waals surface area contributed by atoms with Crippen molar-refractivity contribution in [2.75, 3.05) is 5.75 Å². The minimum absolute atomic E-state index is 0.0573. The van der Waals surface area contributed by atoms with Crippen LogP contribution in [0.25, 0.3) is 0 Å². The van der Waals surface area contributed by atoms with Crippen LogP contribution in [0.15, 0.2) is 29.2 Å². The average molecular weight is 343 g/mol. The molecule has 1 aromatic rings. The second-order valence-electron chi connectivity index (χ2n) is 6.11. The summed E-state index contributed by atoms with van der Waals surface area (Å²) in [7, 11) is -3.79. The predicted octanol–water partition coefficient (Wildman–Crippen LogP) is 1.28. The predicted molar refractivity (Wildman–Crippen MR) is 84.4 cm³/mol. The Morgan fingerprint density at radius 1 is 1.26 bits per heavy atom. The van der Waals surface area contributed by atoms with Gasteiger partial charge in [0, 0.05) is 6.42 Å². The molecule has 0 saturated heterocycles. The maximum Gasteiger partial charge on any atom is 0.352 e. The Morgan fingerprint density at radius 2 is 1.78 bits per heavy atom. The zero-order valence-electron chi connectivity index (χ0n) is 13.2. The summed E-state index contributed by atoms with van der Waals surface area (Å²) in [5.74, 6) is -1.60. The highest BCUT2D eigenvalue weighted by molar-refractivity contribution is 7.91. The number of sulfone groups is 1. The number of carbonyl (C=O) groups excluding carboxylic acids is 1. The molecule has 0 aliphatic rings.